The van der Waals surface area contributed by atoms with Gasteiger partial charge in [0.1, 0.15) is 0 Å². The number of nitrogens with zero attached hydrogens (tertiary/aromatic N) is 2. The quantitative estimate of drug-likeness (QED) is 0.809. The Morgan fingerprint density at radius 1 is 1.24 bits per heavy atom. The molecule has 0 unspecified atom stereocenters. The van der Waals surface area contributed by atoms with Crippen molar-refractivity contribution in [2.75, 3.05) is 6.54 Å². The molecule has 1 aromatic carbocycles. The second-order valence-electron chi connectivity index (χ2n) is 4.64. The number of fused-ring (bicyclic) bond motifs is 1. The number of rotatable bonds is 1. The Morgan fingerprint density at radius 2 is 2.06 bits per heavy atom. The highest BCUT2D eigenvalue weighted by atomic mass is 15.3. The van der Waals surface area contributed by atoms with Gasteiger partial charge in [-0.3, -0.25) is 0 Å². The Morgan fingerprint density at radius 3 is 2.82 bits per heavy atom. The maximum atomic E-state index is 4.74. The molecule has 0 aliphatic carbocycles. The number of hydrogen-bond acceptors (Lipinski definition) is 2. The van der Waals surface area contributed by atoms with Crippen molar-refractivity contribution in [2.45, 2.75) is 26.8 Å². The van der Waals surface area contributed by atoms with Gasteiger partial charge in [0.15, 0.2) is 0 Å². The molecule has 3 rings (SSSR count). The van der Waals surface area contributed by atoms with E-state index in [1.54, 1.807) is 0 Å². The van der Waals surface area contributed by atoms with Crippen molar-refractivity contribution in [3.63, 3.8) is 0 Å². The van der Waals surface area contributed by atoms with Gasteiger partial charge in [-0.25, -0.2) is 4.68 Å². The summed E-state index contributed by atoms with van der Waals surface area (Å²) in [6.45, 7) is 6.26. The van der Waals surface area contributed by atoms with Gasteiger partial charge in [0.05, 0.1) is 11.4 Å². The van der Waals surface area contributed by atoms with Crippen molar-refractivity contribution >= 4 is 0 Å². The molecular weight excluding hydrogens is 210 g/mol. The third-order valence-corrected chi connectivity index (χ3v) is 3.51. The van der Waals surface area contributed by atoms with Gasteiger partial charge in [-0.2, -0.15) is 5.10 Å². The summed E-state index contributed by atoms with van der Waals surface area (Å²) in [5, 5.41) is 8.11. The van der Waals surface area contributed by atoms with Gasteiger partial charge in [-0.1, -0.05) is 18.2 Å². The Bertz CT molecular complexity index is 555. The van der Waals surface area contributed by atoms with Crippen LogP contribution < -0.4 is 5.32 Å². The van der Waals surface area contributed by atoms with Crippen molar-refractivity contribution in [3.05, 3.63) is 46.8 Å². The fourth-order valence-corrected chi connectivity index (χ4v) is 2.52. The molecule has 1 aromatic heterocycles. The second-order valence-corrected chi connectivity index (χ2v) is 4.64. The van der Waals surface area contributed by atoms with Crippen molar-refractivity contribution in [1.82, 2.24) is 15.1 Å². The molecule has 0 spiro atoms. The first-order valence-corrected chi connectivity index (χ1v) is 6.11. The van der Waals surface area contributed by atoms with E-state index in [1.165, 1.54) is 28.2 Å². The van der Waals surface area contributed by atoms with Crippen molar-refractivity contribution in [2.24, 2.45) is 0 Å². The van der Waals surface area contributed by atoms with Crippen LogP contribution in [0.4, 0.5) is 0 Å². The molecule has 3 nitrogen and oxygen atoms in total. The molecule has 2 aromatic rings. The third kappa shape index (κ3) is 1.67. The molecule has 1 aliphatic rings. The van der Waals surface area contributed by atoms with E-state index >= 15 is 0 Å². The van der Waals surface area contributed by atoms with Crippen LogP contribution in [0.5, 0.6) is 0 Å². The summed E-state index contributed by atoms with van der Waals surface area (Å²) in [7, 11) is 0. The molecule has 0 radical (unpaired) electrons. The van der Waals surface area contributed by atoms with E-state index < -0.39 is 0 Å². The number of benzene rings is 1. The highest BCUT2D eigenvalue weighted by molar-refractivity contribution is 5.43. The molecule has 0 saturated carbocycles. The van der Waals surface area contributed by atoms with E-state index in [0.29, 0.717) is 0 Å². The lowest BCUT2D eigenvalue weighted by molar-refractivity contribution is 0.629. The highest BCUT2D eigenvalue weighted by Gasteiger charge is 2.18. The molecule has 3 heteroatoms. The maximum Gasteiger partial charge on any atom is 0.0802 e. The summed E-state index contributed by atoms with van der Waals surface area (Å²) in [6, 6.07) is 8.40. The predicted octanol–water partition coefficient (Wildman–Crippen LogP) is 2.13. The van der Waals surface area contributed by atoms with Crippen LogP contribution in [0.1, 0.15) is 22.5 Å². The number of hydrogen-bond donors (Lipinski definition) is 1. The number of nitrogens with one attached hydrogen (secondary N) is 1. The zero-order valence-corrected chi connectivity index (χ0v) is 10.3. The summed E-state index contributed by atoms with van der Waals surface area (Å²) < 4.78 is 2.09. The van der Waals surface area contributed by atoms with Crippen LogP contribution in [0.25, 0.3) is 5.69 Å². The van der Waals surface area contributed by atoms with Crippen LogP contribution in [0.2, 0.25) is 0 Å². The van der Waals surface area contributed by atoms with Gasteiger partial charge in [-0.15, -0.1) is 0 Å². The lowest BCUT2D eigenvalue weighted by Gasteiger charge is -2.11. The Balaban J connectivity index is 2.16. The van der Waals surface area contributed by atoms with Gasteiger partial charge < -0.3 is 5.32 Å². The van der Waals surface area contributed by atoms with E-state index in [-0.39, 0.29) is 0 Å². The number of aryl methyl sites for hydroxylation is 1. The first kappa shape index (κ1) is 10.5. The monoisotopic (exact) mass is 227 g/mol. The van der Waals surface area contributed by atoms with Crippen molar-refractivity contribution in [3.8, 4) is 5.69 Å². The van der Waals surface area contributed by atoms with Gasteiger partial charge in [0, 0.05) is 12.2 Å². The minimum atomic E-state index is 0.898. The van der Waals surface area contributed by atoms with Gasteiger partial charge in [0.2, 0.25) is 0 Å². The minimum absolute atomic E-state index is 0.898. The van der Waals surface area contributed by atoms with Crippen LogP contribution in [-0.4, -0.2) is 16.3 Å². The SMILES string of the molecule is Cc1ccccc1-n1nc2c(c1C)CCNC2. The molecule has 0 saturated heterocycles. The fraction of sp³-hybridized carbons (Fsp3) is 0.357. The predicted molar refractivity (Wildman–Crippen MR) is 68.4 cm³/mol. The second kappa shape index (κ2) is 4.00. The molecule has 2 heterocycles. The van der Waals surface area contributed by atoms with Crippen LogP contribution in [0.15, 0.2) is 24.3 Å². The molecule has 1 aliphatic heterocycles. The lowest BCUT2D eigenvalue weighted by atomic mass is 10.1. The van der Waals surface area contributed by atoms with Crippen LogP contribution >= 0.6 is 0 Å². The molecule has 0 fully saturated rings. The number of para-hydroxylation sites is 1. The average molecular weight is 227 g/mol. The van der Waals surface area contributed by atoms with Crippen molar-refractivity contribution in [1.29, 1.82) is 0 Å². The molecule has 17 heavy (non-hydrogen) atoms. The zero-order chi connectivity index (χ0) is 11.8. The lowest BCUT2D eigenvalue weighted by Crippen LogP contribution is -2.23. The normalized spacial score (nSPS) is 14.7. The average Bonchev–Trinajstić information content (AvgIpc) is 2.68. The van der Waals surface area contributed by atoms with E-state index in [4.69, 9.17) is 5.10 Å². The third-order valence-electron chi connectivity index (χ3n) is 3.51. The van der Waals surface area contributed by atoms with Gasteiger partial charge in [0.25, 0.3) is 0 Å². The van der Waals surface area contributed by atoms with Crippen molar-refractivity contribution < 1.29 is 0 Å². The van der Waals surface area contributed by atoms with E-state index in [0.717, 1.165) is 19.5 Å². The topological polar surface area (TPSA) is 29.9 Å². The molecule has 1 N–H and O–H groups in total. The standard InChI is InChI=1S/C14H17N3/c1-10-5-3-4-6-14(10)17-11(2)12-7-8-15-9-13(12)16-17/h3-6,15H,7-9H2,1-2H3. The first-order chi connectivity index (χ1) is 8.27. The Hall–Kier alpha value is -1.61. The molecule has 0 bridgehead atoms. The zero-order valence-electron chi connectivity index (χ0n) is 10.3. The van der Waals surface area contributed by atoms with Gasteiger partial charge in [-0.05, 0) is 44.0 Å². The summed E-state index contributed by atoms with van der Waals surface area (Å²) in [5.41, 5.74) is 6.38. The fourth-order valence-electron chi connectivity index (χ4n) is 2.52. The van der Waals surface area contributed by atoms with Crippen LogP contribution in [-0.2, 0) is 13.0 Å². The summed E-state index contributed by atoms with van der Waals surface area (Å²) >= 11 is 0. The number of aromatic nitrogens is 2. The minimum Gasteiger partial charge on any atom is -0.311 e. The van der Waals surface area contributed by atoms with E-state index in [9.17, 15) is 0 Å². The summed E-state index contributed by atoms with van der Waals surface area (Å²) in [4.78, 5) is 0. The van der Waals surface area contributed by atoms with E-state index in [2.05, 4.69) is 48.1 Å². The molecular formula is C14H17N3. The largest absolute Gasteiger partial charge is 0.311 e. The summed E-state index contributed by atoms with van der Waals surface area (Å²) in [5.74, 6) is 0. The maximum absolute atomic E-state index is 4.74. The molecule has 88 valence electrons. The molecule has 0 atom stereocenters. The first-order valence-electron chi connectivity index (χ1n) is 6.11. The Labute approximate surface area is 101 Å². The smallest absolute Gasteiger partial charge is 0.0802 e. The van der Waals surface area contributed by atoms with Gasteiger partial charge >= 0.3 is 0 Å². The van der Waals surface area contributed by atoms with Crippen LogP contribution in [0.3, 0.4) is 0 Å². The highest BCUT2D eigenvalue weighted by Crippen LogP contribution is 2.22. The Kier molecular flexibility index (Phi) is 2.48. The molecule has 0 amide bonds. The van der Waals surface area contributed by atoms with Crippen LogP contribution in [0, 0.1) is 13.8 Å². The van der Waals surface area contributed by atoms with E-state index in [1.807, 2.05) is 0 Å². The summed E-state index contributed by atoms with van der Waals surface area (Å²) in [6.07, 6.45) is 1.09.